The SMILES string of the molecule is CC1(C)OC[C@H]([C@H]2C[C@]3(CO)O[C@@H](CCC#N)CC[C@@H]3O2)O1. The maximum Gasteiger partial charge on any atom is 0.163 e. The second-order valence-corrected chi connectivity index (χ2v) is 6.97. The average Bonchev–Trinajstić information content (AvgIpc) is 3.05. The van der Waals surface area contributed by atoms with Crippen molar-refractivity contribution < 1.29 is 24.1 Å². The Morgan fingerprint density at radius 2 is 2.05 bits per heavy atom. The van der Waals surface area contributed by atoms with Crippen LogP contribution in [0.1, 0.15) is 46.0 Å². The molecule has 124 valence electrons. The Morgan fingerprint density at radius 3 is 2.68 bits per heavy atom. The zero-order chi connectivity index (χ0) is 15.8. The van der Waals surface area contributed by atoms with Crippen molar-refractivity contribution in [1.29, 1.82) is 5.26 Å². The van der Waals surface area contributed by atoms with Crippen molar-refractivity contribution in [3.63, 3.8) is 0 Å². The highest BCUT2D eigenvalue weighted by Crippen LogP contribution is 2.44. The molecule has 0 aromatic rings. The first-order valence-electron chi connectivity index (χ1n) is 8.11. The standard InChI is InChI=1S/C16H25NO5/c1-15(2)19-9-13(22-15)12-8-16(10-18)14(20-12)6-5-11(21-16)4-3-7-17/h11-14,18H,3-6,8-10H2,1-2H3/t11-,12+,13+,14-,16+/m0/s1. The Balaban J connectivity index is 1.66. The lowest BCUT2D eigenvalue weighted by Crippen LogP contribution is -2.51. The van der Waals surface area contributed by atoms with Crippen molar-refractivity contribution in [1.82, 2.24) is 0 Å². The first-order valence-corrected chi connectivity index (χ1v) is 8.11. The third-order valence-electron chi connectivity index (χ3n) is 4.92. The van der Waals surface area contributed by atoms with Crippen molar-refractivity contribution in [2.45, 2.75) is 81.8 Å². The lowest BCUT2D eigenvalue weighted by atomic mass is 9.86. The van der Waals surface area contributed by atoms with E-state index in [1.54, 1.807) is 0 Å². The summed E-state index contributed by atoms with van der Waals surface area (Å²) < 4.78 is 23.8. The average molecular weight is 311 g/mol. The van der Waals surface area contributed by atoms with Crippen LogP contribution in [-0.4, -0.2) is 54.1 Å². The summed E-state index contributed by atoms with van der Waals surface area (Å²) >= 11 is 0. The quantitative estimate of drug-likeness (QED) is 0.847. The van der Waals surface area contributed by atoms with Gasteiger partial charge in [-0.2, -0.15) is 5.26 Å². The topological polar surface area (TPSA) is 80.9 Å². The van der Waals surface area contributed by atoms with Gasteiger partial charge in [-0.25, -0.2) is 0 Å². The number of aliphatic hydroxyl groups is 1. The van der Waals surface area contributed by atoms with E-state index in [-0.39, 0.29) is 31.0 Å². The molecule has 0 aromatic carbocycles. The van der Waals surface area contributed by atoms with Crippen LogP contribution in [0.15, 0.2) is 0 Å². The molecule has 0 radical (unpaired) electrons. The number of hydrogen-bond donors (Lipinski definition) is 1. The molecule has 22 heavy (non-hydrogen) atoms. The molecule has 0 amide bonds. The second-order valence-electron chi connectivity index (χ2n) is 6.97. The number of hydrogen-bond acceptors (Lipinski definition) is 6. The molecule has 0 bridgehead atoms. The predicted molar refractivity (Wildman–Crippen MR) is 77.0 cm³/mol. The Labute approximate surface area is 131 Å². The van der Waals surface area contributed by atoms with E-state index in [1.165, 1.54) is 0 Å². The summed E-state index contributed by atoms with van der Waals surface area (Å²) in [5.74, 6) is -0.579. The molecule has 3 fully saturated rings. The van der Waals surface area contributed by atoms with E-state index in [4.69, 9.17) is 24.2 Å². The summed E-state index contributed by atoms with van der Waals surface area (Å²) in [6.45, 7) is 4.23. The summed E-state index contributed by atoms with van der Waals surface area (Å²) in [6.07, 6.45) is 3.22. The lowest BCUT2D eigenvalue weighted by Gasteiger charge is -2.40. The first kappa shape index (κ1) is 16.2. The van der Waals surface area contributed by atoms with Crippen molar-refractivity contribution in [3.05, 3.63) is 0 Å². The van der Waals surface area contributed by atoms with Crippen molar-refractivity contribution in [2.75, 3.05) is 13.2 Å². The van der Waals surface area contributed by atoms with E-state index >= 15 is 0 Å². The van der Waals surface area contributed by atoms with Gasteiger partial charge in [-0.05, 0) is 33.1 Å². The molecule has 0 spiro atoms. The van der Waals surface area contributed by atoms with Crippen LogP contribution in [0.3, 0.4) is 0 Å². The van der Waals surface area contributed by atoms with Gasteiger partial charge in [0.1, 0.15) is 11.7 Å². The van der Waals surface area contributed by atoms with Gasteiger partial charge in [-0.3, -0.25) is 0 Å². The van der Waals surface area contributed by atoms with Crippen LogP contribution >= 0.6 is 0 Å². The fraction of sp³-hybridized carbons (Fsp3) is 0.938. The van der Waals surface area contributed by atoms with E-state index < -0.39 is 11.4 Å². The summed E-state index contributed by atoms with van der Waals surface area (Å²) in [6, 6.07) is 2.16. The molecule has 0 aliphatic carbocycles. The number of fused-ring (bicyclic) bond motifs is 1. The van der Waals surface area contributed by atoms with E-state index in [2.05, 4.69) is 6.07 Å². The summed E-state index contributed by atoms with van der Waals surface area (Å²) in [5, 5.41) is 18.6. The molecule has 3 aliphatic heterocycles. The smallest absolute Gasteiger partial charge is 0.163 e. The van der Waals surface area contributed by atoms with Gasteiger partial charge in [0.05, 0.1) is 37.6 Å². The number of ether oxygens (including phenoxy) is 4. The molecular formula is C16H25NO5. The fourth-order valence-corrected chi connectivity index (χ4v) is 3.79. The minimum absolute atomic E-state index is 0.0302. The summed E-state index contributed by atoms with van der Waals surface area (Å²) in [4.78, 5) is 0. The van der Waals surface area contributed by atoms with Gasteiger partial charge >= 0.3 is 0 Å². The molecule has 0 unspecified atom stereocenters. The largest absolute Gasteiger partial charge is 0.393 e. The maximum atomic E-state index is 9.92. The Bertz CT molecular complexity index is 448. The van der Waals surface area contributed by atoms with Crippen LogP contribution in [0.4, 0.5) is 0 Å². The highest BCUT2D eigenvalue weighted by atomic mass is 16.8. The van der Waals surface area contributed by atoms with Gasteiger partial charge in [0.15, 0.2) is 5.79 Å². The van der Waals surface area contributed by atoms with Crippen LogP contribution in [0.5, 0.6) is 0 Å². The van der Waals surface area contributed by atoms with E-state index in [0.717, 1.165) is 12.8 Å². The van der Waals surface area contributed by atoms with Crippen LogP contribution in [0.25, 0.3) is 0 Å². The zero-order valence-corrected chi connectivity index (χ0v) is 13.3. The Morgan fingerprint density at radius 1 is 1.23 bits per heavy atom. The van der Waals surface area contributed by atoms with Gasteiger partial charge in [-0.1, -0.05) is 0 Å². The minimum Gasteiger partial charge on any atom is -0.393 e. The zero-order valence-electron chi connectivity index (χ0n) is 13.3. The maximum absolute atomic E-state index is 9.92. The molecule has 3 aliphatic rings. The lowest BCUT2D eigenvalue weighted by molar-refractivity contribution is -0.187. The van der Waals surface area contributed by atoms with Gasteiger partial charge < -0.3 is 24.1 Å². The van der Waals surface area contributed by atoms with Gasteiger partial charge in [0, 0.05) is 12.8 Å². The first-order chi connectivity index (χ1) is 10.5. The highest BCUT2D eigenvalue weighted by Gasteiger charge is 2.55. The molecule has 6 nitrogen and oxygen atoms in total. The van der Waals surface area contributed by atoms with Gasteiger partial charge in [0.25, 0.3) is 0 Å². The number of rotatable bonds is 4. The van der Waals surface area contributed by atoms with Crippen molar-refractivity contribution >= 4 is 0 Å². The molecule has 0 saturated carbocycles. The van der Waals surface area contributed by atoms with E-state index in [9.17, 15) is 5.11 Å². The minimum atomic E-state index is -0.654. The molecule has 6 heteroatoms. The molecule has 3 heterocycles. The normalized spacial score (nSPS) is 43.7. The van der Waals surface area contributed by atoms with Crippen LogP contribution < -0.4 is 0 Å². The summed E-state index contributed by atoms with van der Waals surface area (Å²) in [5.41, 5.74) is -0.654. The van der Waals surface area contributed by atoms with Crippen LogP contribution in [-0.2, 0) is 18.9 Å². The molecule has 3 rings (SSSR count). The molecule has 1 N–H and O–H groups in total. The molecule has 5 atom stereocenters. The monoisotopic (exact) mass is 311 g/mol. The summed E-state index contributed by atoms with van der Waals surface area (Å²) in [7, 11) is 0. The fourth-order valence-electron chi connectivity index (χ4n) is 3.79. The number of nitriles is 1. The predicted octanol–water partition coefficient (Wildman–Crippen LogP) is 1.51. The van der Waals surface area contributed by atoms with E-state index in [1.807, 2.05) is 13.8 Å². The van der Waals surface area contributed by atoms with Crippen molar-refractivity contribution in [3.8, 4) is 6.07 Å². The van der Waals surface area contributed by atoms with E-state index in [0.29, 0.717) is 25.9 Å². The van der Waals surface area contributed by atoms with Crippen LogP contribution in [0.2, 0.25) is 0 Å². The van der Waals surface area contributed by atoms with Crippen molar-refractivity contribution in [2.24, 2.45) is 0 Å². The number of nitrogens with zero attached hydrogens (tertiary/aromatic N) is 1. The Hall–Kier alpha value is -0.710. The third-order valence-corrected chi connectivity index (χ3v) is 4.92. The second kappa shape index (κ2) is 6.06. The third kappa shape index (κ3) is 3.01. The van der Waals surface area contributed by atoms with Gasteiger partial charge in [0.2, 0.25) is 0 Å². The van der Waals surface area contributed by atoms with Crippen LogP contribution in [0, 0.1) is 11.3 Å². The molecular weight excluding hydrogens is 286 g/mol. The number of aliphatic hydroxyl groups excluding tert-OH is 1. The molecule has 3 saturated heterocycles. The van der Waals surface area contributed by atoms with Gasteiger partial charge in [-0.15, -0.1) is 0 Å². The Kier molecular flexibility index (Phi) is 4.45. The molecule has 0 aromatic heterocycles. The highest BCUT2D eigenvalue weighted by molar-refractivity contribution is 5.03.